The Bertz CT molecular complexity index is 668. The molecule has 0 bridgehead atoms. The van der Waals surface area contributed by atoms with Crippen molar-refractivity contribution in [3.05, 3.63) is 47.0 Å². The van der Waals surface area contributed by atoms with E-state index in [0.717, 1.165) is 0 Å². The van der Waals surface area contributed by atoms with Gasteiger partial charge in [0.05, 0.1) is 11.5 Å². The quantitative estimate of drug-likeness (QED) is 0.440. The van der Waals surface area contributed by atoms with Gasteiger partial charge in [-0.2, -0.15) is 0 Å². The van der Waals surface area contributed by atoms with Gasteiger partial charge in [0.2, 0.25) is 11.8 Å². The van der Waals surface area contributed by atoms with E-state index in [9.17, 15) is 19.7 Å². The van der Waals surface area contributed by atoms with E-state index in [1.165, 1.54) is 17.0 Å². The summed E-state index contributed by atoms with van der Waals surface area (Å²) in [5, 5.41) is 11.2. The molecule has 1 fully saturated rings. The third-order valence-corrected chi connectivity index (χ3v) is 4.25. The highest BCUT2D eigenvalue weighted by molar-refractivity contribution is 5.91. The average Bonchev–Trinajstić information content (AvgIpc) is 2.65. The van der Waals surface area contributed by atoms with Crippen LogP contribution in [0.5, 0.6) is 0 Å². The van der Waals surface area contributed by atoms with Crippen LogP contribution in [0.2, 0.25) is 0 Å². The van der Waals surface area contributed by atoms with Crippen molar-refractivity contribution in [1.29, 1.82) is 0 Å². The number of nitrogens with zero attached hydrogens (tertiary/aromatic N) is 4. The van der Waals surface area contributed by atoms with Gasteiger partial charge in [-0.3, -0.25) is 19.7 Å². The molecule has 0 unspecified atom stereocenters. The molecule has 134 valence electrons. The van der Waals surface area contributed by atoms with Crippen LogP contribution in [0.3, 0.4) is 0 Å². The Kier molecular flexibility index (Phi) is 6.10. The van der Waals surface area contributed by atoms with Gasteiger partial charge in [0, 0.05) is 38.8 Å². The molecular weight excluding hydrogens is 324 g/mol. The van der Waals surface area contributed by atoms with Crippen molar-refractivity contribution in [2.24, 2.45) is 0 Å². The van der Waals surface area contributed by atoms with E-state index in [1.807, 2.05) is 4.90 Å². The summed E-state index contributed by atoms with van der Waals surface area (Å²) in [6.07, 6.45) is 1.20. The standard InChI is InChI=1S/C17H22N4O4/c1-3-16(22)18(4-2)13-17(23)20-11-9-19(10-12-20)14-7-5-6-8-15(14)21(24)25/h3,5-8H,1,4,9-13H2,2H3. The second-order valence-electron chi connectivity index (χ2n) is 5.67. The Labute approximate surface area is 146 Å². The van der Waals surface area contributed by atoms with Crippen LogP contribution < -0.4 is 4.90 Å². The topological polar surface area (TPSA) is 87.0 Å². The fraction of sp³-hybridized carbons (Fsp3) is 0.412. The minimum Gasteiger partial charge on any atom is -0.362 e. The number of rotatable bonds is 6. The van der Waals surface area contributed by atoms with E-state index < -0.39 is 4.92 Å². The van der Waals surface area contributed by atoms with Crippen LogP contribution in [0.4, 0.5) is 11.4 Å². The van der Waals surface area contributed by atoms with E-state index in [4.69, 9.17) is 0 Å². The van der Waals surface area contributed by atoms with Gasteiger partial charge >= 0.3 is 0 Å². The first-order chi connectivity index (χ1) is 12.0. The van der Waals surface area contributed by atoms with Crippen LogP contribution in [-0.4, -0.2) is 65.8 Å². The number of benzene rings is 1. The Morgan fingerprint density at radius 1 is 1.28 bits per heavy atom. The van der Waals surface area contributed by atoms with Crippen LogP contribution >= 0.6 is 0 Å². The number of nitro groups is 1. The van der Waals surface area contributed by atoms with E-state index in [1.54, 1.807) is 30.0 Å². The first kappa shape index (κ1) is 18.4. The van der Waals surface area contributed by atoms with E-state index in [0.29, 0.717) is 38.4 Å². The first-order valence-electron chi connectivity index (χ1n) is 8.15. The lowest BCUT2D eigenvalue weighted by atomic mass is 10.2. The lowest BCUT2D eigenvalue weighted by Crippen LogP contribution is -2.51. The van der Waals surface area contributed by atoms with Gasteiger partial charge in [-0.25, -0.2) is 0 Å². The van der Waals surface area contributed by atoms with Gasteiger partial charge < -0.3 is 14.7 Å². The summed E-state index contributed by atoms with van der Waals surface area (Å²) in [5.74, 6) is -0.395. The number of anilines is 1. The largest absolute Gasteiger partial charge is 0.362 e. The van der Waals surface area contributed by atoms with Crippen LogP contribution in [0, 0.1) is 10.1 Å². The van der Waals surface area contributed by atoms with Crippen LogP contribution in [0.15, 0.2) is 36.9 Å². The molecule has 0 N–H and O–H groups in total. The summed E-state index contributed by atoms with van der Waals surface area (Å²) in [6, 6.07) is 6.60. The van der Waals surface area contributed by atoms with Crippen molar-refractivity contribution in [3.63, 3.8) is 0 Å². The van der Waals surface area contributed by atoms with Crippen LogP contribution in [0.25, 0.3) is 0 Å². The number of likely N-dealkylation sites (N-methyl/N-ethyl adjacent to an activating group) is 1. The highest BCUT2D eigenvalue weighted by Gasteiger charge is 2.26. The highest BCUT2D eigenvalue weighted by atomic mass is 16.6. The van der Waals surface area contributed by atoms with Gasteiger partial charge in [0.1, 0.15) is 5.69 Å². The monoisotopic (exact) mass is 346 g/mol. The zero-order valence-electron chi connectivity index (χ0n) is 14.3. The molecule has 0 spiro atoms. The summed E-state index contributed by atoms with van der Waals surface area (Å²) in [6.45, 7) is 7.65. The van der Waals surface area contributed by atoms with Crippen molar-refractivity contribution in [2.45, 2.75) is 6.92 Å². The minimum atomic E-state index is -0.396. The zero-order chi connectivity index (χ0) is 18.4. The molecule has 0 radical (unpaired) electrons. The molecule has 2 amide bonds. The van der Waals surface area contributed by atoms with Crippen molar-refractivity contribution in [1.82, 2.24) is 9.80 Å². The molecule has 1 saturated heterocycles. The first-order valence-corrected chi connectivity index (χ1v) is 8.15. The molecule has 1 heterocycles. The summed E-state index contributed by atoms with van der Waals surface area (Å²) in [5.41, 5.74) is 0.632. The second-order valence-corrected chi connectivity index (χ2v) is 5.67. The summed E-state index contributed by atoms with van der Waals surface area (Å²) in [7, 11) is 0. The molecule has 0 saturated carbocycles. The summed E-state index contributed by atoms with van der Waals surface area (Å²) >= 11 is 0. The number of hydrogen-bond donors (Lipinski definition) is 0. The average molecular weight is 346 g/mol. The SMILES string of the molecule is C=CC(=O)N(CC)CC(=O)N1CCN(c2ccccc2[N+](=O)[O-])CC1. The number of amides is 2. The lowest BCUT2D eigenvalue weighted by molar-refractivity contribution is -0.384. The molecule has 25 heavy (non-hydrogen) atoms. The molecule has 0 aromatic heterocycles. The number of carbonyl (C=O) groups excluding carboxylic acids is 2. The number of carbonyl (C=O) groups is 2. The normalized spacial score (nSPS) is 14.1. The van der Waals surface area contributed by atoms with E-state index >= 15 is 0 Å². The fourth-order valence-corrected chi connectivity index (χ4v) is 2.82. The number of para-hydroxylation sites is 2. The van der Waals surface area contributed by atoms with Gasteiger partial charge in [-0.15, -0.1) is 0 Å². The molecule has 0 aliphatic carbocycles. The van der Waals surface area contributed by atoms with Gasteiger partial charge in [0.15, 0.2) is 0 Å². The van der Waals surface area contributed by atoms with Gasteiger partial charge in [-0.05, 0) is 19.1 Å². The Hall–Kier alpha value is -2.90. The van der Waals surface area contributed by atoms with E-state index in [-0.39, 0.29) is 24.0 Å². The summed E-state index contributed by atoms with van der Waals surface area (Å²) < 4.78 is 0. The van der Waals surface area contributed by atoms with Crippen molar-refractivity contribution >= 4 is 23.2 Å². The van der Waals surface area contributed by atoms with Crippen LogP contribution in [-0.2, 0) is 9.59 Å². The number of hydrogen-bond acceptors (Lipinski definition) is 5. The fourth-order valence-electron chi connectivity index (χ4n) is 2.82. The van der Waals surface area contributed by atoms with Gasteiger partial charge in [0.25, 0.3) is 5.69 Å². The third kappa shape index (κ3) is 4.34. The van der Waals surface area contributed by atoms with E-state index in [2.05, 4.69) is 6.58 Å². The summed E-state index contributed by atoms with van der Waals surface area (Å²) in [4.78, 5) is 39.8. The van der Waals surface area contributed by atoms with Crippen LogP contribution in [0.1, 0.15) is 6.92 Å². The number of piperazine rings is 1. The smallest absolute Gasteiger partial charge is 0.292 e. The predicted octanol–water partition coefficient (Wildman–Crippen LogP) is 1.28. The third-order valence-electron chi connectivity index (χ3n) is 4.25. The molecule has 2 rings (SSSR count). The van der Waals surface area contributed by atoms with Crippen molar-refractivity contribution in [3.8, 4) is 0 Å². The predicted molar refractivity (Wildman–Crippen MR) is 94.3 cm³/mol. The maximum Gasteiger partial charge on any atom is 0.292 e. The molecule has 0 atom stereocenters. The molecule has 1 aliphatic heterocycles. The molecule has 1 aromatic carbocycles. The van der Waals surface area contributed by atoms with Crippen molar-refractivity contribution in [2.75, 3.05) is 44.2 Å². The molecule has 8 heteroatoms. The Morgan fingerprint density at radius 2 is 1.92 bits per heavy atom. The Balaban J connectivity index is 1.98. The number of nitro benzene ring substituents is 1. The van der Waals surface area contributed by atoms with Crippen molar-refractivity contribution < 1.29 is 14.5 Å². The maximum atomic E-state index is 12.4. The molecule has 8 nitrogen and oxygen atoms in total. The lowest BCUT2D eigenvalue weighted by Gasteiger charge is -2.36. The minimum absolute atomic E-state index is 0.0207. The maximum absolute atomic E-state index is 12.4. The Morgan fingerprint density at radius 3 is 2.48 bits per heavy atom. The zero-order valence-corrected chi connectivity index (χ0v) is 14.3. The molecule has 1 aromatic rings. The molecule has 1 aliphatic rings. The van der Waals surface area contributed by atoms with Gasteiger partial charge in [-0.1, -0.05) is 18.7 Å². The highest BCUT2D eigenvalue weighted by Crippen LogP contribution is 2.28. The molecular formula is C17H22N4O4. The second kappa shape index (κ2) is 8.27.